The maximum Gasteiger partial charge on any atom is 0.320 e. The molecule has 0 radical (unpaired) electrons. The summed E-state index contributed by atoms with van der Waals surface area (Å²) in [5.74, 6) is -0.335. The van der Waals surface area contributed by atoms with Crippen LogP contribution in [0.15, 0.2) is 29.3 Å². The predicted molar refractivity (Wildman–Crippen MR) is 143 cm³/mol. The maximum absolute atomic E-state index is 14.2. The number of hydrogen-bond acceptors (Lipinski definition) is 8. The molecule has 1 fully saturated rings. The van der Waals surface area contributed by atoms with Crippen LogP contribution in [-0.4, -0.2) is 75.5 Å². The number of ether oxygens (including phenoxy) is 5. The van der Waals surface area contributed by atoms with E-state index in [0.717, 1.165) is 16.9 Å². The summed E-state index contributed by atoms with van der Waals surface area (Å²) in [6.45, 7) is 6.67. The van der Waals surface area contributed by atoms with Gasteiger partial charge in [-0.3, -0.25) is 14.4 Å². The van der Waals surface area contributed by atoms with E-state index in [1.165, 1.54) is 13.8 Å². The number of esters is 3. The minimum Gasteiger partial charge on any atom is -0.497 e. The topological polar surface area (TPSA) is 97.4 Å². The molecule has 2 aliphatic carbocycles. The summed E-state index contributed by atoms with van der Waals surface area (Å²) in [4.78, 5) is 38.7. The first-order valence-electron chi connectivity index (χ1n) is 12.3. The summed E-state index contributed by atoms with van der Waals surface area (Å²) >= 11 is 0. The van der Waals surface area contributed by atoms with Gasteiger partial charge in [-0.25, -0.2) is 10.0 Å². The van der Waals surface area contributed by atoms with Crippen molar-refractivity contribution in [2.24, 2.45) is 11.3 Å². The van der Waals surface area contributed by atoms with Gasteiger partial charge in [0.1, 0.15) is 29.1 Å². The highest BCUT2D eigenvalue weighted by atomic mass is 32.3. The van der Waals surface area contributed by atoms with Gasteiger partial charge >= 0.3 is 17.9 Å². The first-order chi connectivity index (χ1) is 17.3. The van der Waals surface area contributed by atoms with Crippen molar-refractivity contribution in [3.63, 3.8) is 0 Å². The van der Waals surface area contributed by atoms with Crippen molar-refractivity contribution in [1.29, 1.82) is 0 Å². The monoisotopic (exact) mass is 536 g/mol. The second-order valence-electron chi connectivity index (χ2n) is 10.8. The summed E-state index contributed by atoms with van der Waals surface area (Å²) in [6.07, 6.45) is 5.43. The molecule has 0 aliphatic heterocycles. The fourth-order valence-corrected chi connectivity index (χ4v) is 6.38. The fraction of sp³-hybridized carbons (Fsp3) is 0.607. The molecule has 2 bridgehead atoms. The average molecular weight is 537 g/mol. The van der Waals surface area contributed by atoms with Crippen LogP contribution < -0.4 is 9.47 Å². The highest BCUT2D eigenvalue weighted by molar-refractivity contribution is 8.32. The van der Waals surface area contributed by atoms with Crippen molar-refractivity contribution in [3.05, 3.63) is 34.9 Å². The zero-order chi connectivity index (χ0) is 27.7. The molecule has 5 unspecified atom stereocenters. The molecule has 0 spiro atoms. The summed E-state index contributed by atoms with van der Waals surface area (Å²) in [5.41, 5.74) is 0.977. The molecule has 0 heterocycles. The van der Waals surface area contributed by atoms with E-state index in [1.807, 2.05) is 26.0 Å². The highest BCUT2D eigenvalue weighted by Gasteiger charge is 2.69. The van der Waals surface area contributed by atoms with E-state index in [0.29, 0.717) is 23.5 Å². The number of hydrogen-bond donors (Lipinski definition) is 0. The van der Waals surface area contributed by atoms with E-state index in [1.54, 1.807) is 20.3 Å². The quantitative estimate of drug-likeness (QED) is 0.263. The molecule has 3 rings (SSSR count). The molecule has 0 N–H and O–H groups in total. The Morgan fingerprint density at radius 1 is 0.946 bits per heavy atom. The van der Waals surface area contributed by atoms with Gasteiger partial charge in [0.25, 0.3) is 0 Å². The van der Waals surface area contributed by atoms with Crippen molar-refractivity contribution in [1.82, 2.24) is 0 Å². The third-order valence-corrected chi connectivity index (χ3v) is 8.94. The average Bonchev–Trinajstić information content (AvgIpc) is 3.10. The van der Waals surface area contributed by atoms with Crippen molar-refractivity contribution in [2.45, 2.75) is 52.2 Å². The Balaban J connectivity index is 2.24. The molecule has 5 atom stereocenters. The van der Waals surface area contributed by atoms with Gasteiger partial charge in [0.05, 0.1) is 20.8 Å². The number of methoxy groups -OCH3 is 2. The molecule has 206 valence electrons. The minimum absolute atomic E-state index is 0.269. The van der Waals surface area contributed by atoms with Crippen LogP contribution in [0.1, 0.15) is 45.6 Å². The van der Waals surface area contributed by atoms with Crippen LogP contribution in [0.2, 0.25) is 0 Å². The second kappa shape index (κ2) is 11.0. The van der Waals surface area contributed by atoms with Gasteiger partial charge in [-0.1, -0.05) is 0 Å². The van der Waals surface area contributed by atoms with Gasteiger partial charge in [0.2, 0.25) is 0 Å². The largest absolute Gasteiger partial charge is 0.497 e. The zero-order valence-electron chi connectivity index (χ0n) is 23.3. The molecular formula is C28H40O8S. The van der Waals surface area contributed by atoms with Gasteiger partial charge < -0.3 is 23.7 Å². The molecule has 0 aromatic heterocycles. The lowest BCUT2D eigenvalue weighted by molar-refractivity contribution is -0.174. The van der Waals surface area contributed by atoms with Gasteiger partial charge in [-0.05, 0) is 67.9 Å². The van der Waals surface area contributed by atoms with E-state index < -0.39 is 57.4 Å². The molecule has 2 aliphatic rings. The SMILES string of the molecule is COc1cc(OC)cc(C2CC3C(OC(C)=O)C(C)=C(C)C2(C(=O)OCCS(C)(C)C)C3OC(C)=O)c1. The number of benzene rings is 1. The second-order valence-corrected chi connectivity index (χ2v) is 15.4. The first-order valence-corrected chi connectivity index (χ1v) is 15.4. The van der Waals surface area contributed by atoms with Gasteiger partial charge in [0.15, 0.2) is 0 Å². The Labute approximate surface area is 221 Å². The Kier molecular flexibility index (Phi) is 8.57. The molecule has 9 heteroatoms. The number of carbonyl (C=O) groups excluding carboxylic acids is 3. The van der Waals surface area contributed by atoms with Gasteiger partial charge in [0, 0.05) is 37.5 Å². The van der Waals surface area contributed by atoms with E-state index in [-0.39, 0.29) is 6.61 Å². The molecule has 1 aromatic carbocycles. The number of rotatable bonds is 9. The maximum atomic E-state index is 14.2. The summed E-state index contributed by atoms with van der Waals surface area (Å²) < 4.78 is 28.7. The van der Waals surface area contributed by atoms with Crippen LogP contribution in [0.3, 0.4) is 0 Å². The minimum atomic E-state index is -1.29. The molecule has 1 saturated carbocycles. The molecular weight excluding hydrogens is 496 g/mol. The Morgan fingerprint density at radius 2 is 1.51 bits per heavy atom. The summed E-state index contributed by atoms with van der Waals surface area (Å²) in [5, 5.41) is 0. The van der Waals surface area contributed by atoms with Crippen molar-refractivity contribution in [2.75, 3.05) is 45.3 Å². The van der Waals surface area contributed by atoms with Crippen molar-refractivity contribution >= 4 is 27.9 Å². The Hall–Kier alpha value is -2.68. The normalized spacial score (nSPS) is 27.4. The van der Waals surface area contributed by atoms with Crippen molar-refractivity contribution in [3.8, 4) is 11.5 Å². The number of carbonyl (C=O) groups is 3. The summed E-state index contributed by atoms with van der Waals surface area (Å²) in [6, 6.07) is 5.51. The summed E-state index contributed by atoms with van der Waals surface area (Å²) in [7, 11) is 2.24. The lowest BCUT2D eigenvalue weighted by atomic mass is 9.64. The molecule has 1 aromatic rings. The highest BCUT2D eigenvalue weighted by Crippen LogP contribution is 2.63. The molecule has 8 nitrogen and oxygen atoms in total. The van der Waals surface area contributed by atoms with Gasteiger partial charge in [-0.15, -0.1) is 0 Å². The molecule has 0 saturated heterocycles. The molecule has 0 amide bonds. The Bertz CT molecular complexity index is 1070. The van der Waals surface area contributed by atoms with Crippen LogP contribution >= 0.6 is 10.0 Å². The third kappa shape index (κ3) is 5.61. The molecule has 37 heavy (non-hydrogen) atoms. The van der Waals surface area contributed by atoms with Crippen LogP contribution in [0, 0.1) is 11.3 Å². The standard InChI is InChI=1S/C28H40O8S/c1-16-17(2)28(27(31)34-10-11-37(7,8)9)24(20-12-21(32-5)14-22(13-20)33-6)15-23(25(16)35-18(3)29)26(28)36-19(4)30/h12-14,23-26H,10-11,15H2,1-9H3. The zero-order valence-corrected chi connectivity index (χ0v) is 24.2. The third-order valence-electron chi connectivity index (χ3n) is 7.55. The first kappa shape index (κ1) is 28.9. The van der Waals surface area contributed by atoms with E-state index in [2.05, 4.69) is 18.8 Å². The van der Waals surface area contributed by atoms with Gasteiger partial charge in [-0.2, -0.15) is 0 Å². The van der Waals surface area contributed by atoms with Crippen LogP contribution in [0.5, 0.6) is 11.5 Å². The van der Waals surface area contributed by atoms with E-state index in [9.17, 15) is 14.4 Å². The Morgan fingerprint density at radius 3 is 2.00 bits per heavy atom. The lowest BCUT2D eigenvalue weighted by Gasteiger charge is -2.44. The van der Waals surface area contributed by atoms with Crippen LogP contribution in [0.4, 0.5) is 0 Å². The van der Waals surface area contributed by atoms with Crippen LogP contribution in [0.25, 0.3) is 0 Å². The lowest BCUT2D eigenvalue weighted by Crippen LogP contribution is -2.53. The van der Waals surface area contributed by atoms with Crippen molar-refractivity contribution < 1.29 is 38.1 Å². The van der Waals surface area contributed by atoms with E-state index in [4.69, 9.17) is 23.7 Å². The smallest absolute Gasteiger partial charge is 0.320 e. The fourth-order valence-electron chi connectivity index (χ4n) is 5.79. The van der Waals surface area contributed by atoms with E-state index >= 15 is 0 Å². The number of fused-ring (bicyclic) bond motifs is 2. The van der Waals surface area contributed by atoms with Crippen LogP contribution in [-0.2, 0) is 28.6 Å². The predicted octanol–water partition coefficient (Wildman–Crippen LogP) is 4.24.